The van der Waals surface area contributed by atoms with Crippen molar-refractivity contribution in [3.63, 3.8) is 0 Å². The zero-order valence-corrected chi connectivity index (χ0v) is 46.7. The van der Waals surface area contributed by atoms with Crippen LogP contribution >= 0.6 is 0 Å². The van der Waals surface area contributed by atoms with Crippen molar-refractivity contribution < 1.29 is 0 Å². The molecule has 18 rings (SSSR count). The van der Waals surface area contributed by atoms with Crippen molar-refractivity contribution in [2.75, 3.05) is 17.3 Å². The standard InChI is InChI=1S/C83H52N2/c1-85-76-47-46-74-82-72(60-42-40-52(48-75(60)84-74)78-64-30-10-14-34-68(64)80(69-35-15-11-31-65(69)78)62-28-8-6-26-58(62)56-38-18-22-50-20-2-4-24-54(50)56)44-45-73(83(76)82)61-43-41-53(49-77(61)85)79-66-32-12-16-36-70(66)81(71-37-17-13-33-67(71)79)63-29-9-7-27-59(63)57-39-19-23-51-21-3-5-25-55(51)57/h2-49,84H,1H3. The van der Waals surface area contributed by atoms with Gasteiger partial charge < -0.3 is 10.2 Å². The van der Waals surface area contributed by atoms with Crippen molar-refractivity contribution in [3.8, 4) is 89.0 Å². The van der Waals surface area contributed by atoms with Crippen LogP contribution in [-0.4, -0.2) is 7.05 Å². The van der Waals surface area contributed by atoms with Gasteiger partial charge in [-0.05, 0) is 167 Å². The first-order valence-electron chi connectivity index (χ1n) is 29.5. The lowest BCUT2D eigenvalue weighted by Crippen LogP contribution is -2.16. The fourth-order valence-electron chi connectivity index (χ4n) is 15.1. The van der Waals surface area contributed by atoms with E-state index in [1.807, 2.05) is 0 Å². The smallest absolute Gasteiger partial charge is 0.0496 e. The first-order valence-corrected chi connectivity index (χ1v) is 29.5. The third-order valence-electron chi connectivity index (χ3n) is 18.7. The average molecular weight is 1080 g/mol. The predicted molar refractivity (Wildman–Crippen MR) is 364 cm³/mol. The summed E-state index contributed by atoms with van der Waals surface area (Å²) in [5.74, 6) is 0. The summed E-state index contributed by atoms with van der Waals surface area (Å²) in [5, 5.41) is 21.5. The predicted octanol–water partition coefficient (Wildman–Crippen LogP) is 23.2. The first-order chi connectivity index (χ1) is 42.1. The molecular formula is C83H52N2. The Balaban J connectivity index is 0.754. The highest BCUT2D eigenvalue weighted by Crippen LogP contribution is 2.57. The molecule has 0 aliphatic carbocycles. The Kier molecular flexibility index (Phi) is 10.3. The van der Waals surface area contributed by atoms with Crippen LogP contribution in [0.4, 0.5) is 22.7 Å². The van der Waals surface area contributed by atoms with Gasteiger partial charge in [-0.2, -0.15) is 0 Å². The SMILES string of the molecule is CN1c2cc(-c3c4ccccc4c(-c4ccccc4-c4cccc5ccccc45)c4ccccc34)ccc2-c2ccc3c4c(ccc1c24)Nc1cc(-c2c4ccccc4c(-c4ccccc4-c4cccc5ccccc45)c4ccccc24)ccc1-3. The Labute approximate surface area is 492 Å². The molecular weight excluding hydrogens is 1020 g/mol. The fraction of sp³-hybridized carbons (Fsp3) is 0.0120. The minimum atomic E-state index is 1.11. The van der Waals surface area contributed by atoms with E-state index >= 15 is 0 Å². The minimum Gasteiger partial charge on any atom is -0.354 e. The quantitative estimate of drug-likeness (QED) is 0.167. The van der Waals surface area contributed by atoms with Gasteiger partial charge in [0, 0.05) is 51.7 Å². The van der Waals surface area contributed by atoms with E-state index in [-0.39, 0.29) is 0 Å². The maximum Gasteiger partial charge on any atom is 0.0496 e. The Hall–Kier alpha value is -11.1. The van der Waals surface area contributed by atoms with E-state index in [1.165, 1.54) is 176 Å². The number of hydrogen-bond acceptors (Lipinski definition) is 2. The van der Waals surface area contributed by atoms with E-state index in [1.54, 1.807) is 0 Å². The van der Waals surface area contributed by atoms with Crippen LogP contribution in [0.3, 0.4) is 0 Å². The van der Waals surface area contributed by atoms with Crippen LogP contribution < -0.4 is 10.2 Å². The second-order valence-electron chi connectivity index (χ2n) is 23.0. The van der Waals surface area contributed by atoms with Crippen molar-refractivity contribution >= 4 is 98.2 Å². The topological polar surface area (TPSA) is 15.3 Å². The molecule has 0 amide bonds. The van der Waals surface area contributed by atoms with Crippen molar-refractivity contribution in [3.05, 3.63) is 291 Å². The van der Waals surface area contributed by atoms with Gasteiger partial charge in [-0.25, -0.2) is 0 Å². The van der Waals surface area contributed by atoms with Crippen molar-refractivity contribution in [1.82, 2.24) is 0 Å². The number of fused-ring (bicyclic) bond motifs is 10. The van der Waals surface area contributed by atoms with Gasteiger partial charge in [0.1, 0.15) is 0 Å². The number of benzene rings is 16. The zero-order valence-electron chi connectivity index (χ0n) is 46.7. The molecule has 0 spiro atoms. The molecule has 2 aliphatic rings. The lowest BCUT2D eigenvalue weighted by Gasteiger charge is -2.34. The van der Waals surface area contributed by atoms with Crippen molar-refractivity contribution in [2.24, 2.45) is 0 Å². The number of nitrogens with zero attached hydrogens (tertiary/aromatic N) is 1. The van der Waals surface area contributed by atoms with Crippen LogP contribution in [0.25, 0.3) is 164 Å². The van der Waals surface area contributed by atoms with Crippen LogP contribution in [0, 0.1) is 0 Å². The molecule has 0 atom stereocenters. The molecule has 2 heteroatoms. The van der Waals surface area contributed by atoms with Crippen LogP contribution in [0.1, 0.15) is 0 Å². The van der Waals surface area contributed by atoms with Gasteiger partial charge >= 0.3 is 0 Å². The third kappa shape index (κ3) is 7.00. The Morgan fingerprint density at radius 3 is 1.08 bits per heavy atom. The summed E-state index contributed by atoms with van der Waals surface area (Å²) in [5.41, 5.74) is 24.4. The number of nitrogens with one attached hydrogen (secondary N) is 1. The van der Waals surface area contributed by atoms with Crippen molar-refractivity contribution in [1.29, 1.82) is 0 Å². The highest BCUT2D eigenvalue weighted by Gasteiger charge is 2.30. The van der Waals surface area contributed by atoms with Crippen molar-refractivity contribution in [2.45, 2.75) is 0 Å². The Morgan fingerprint density at radius 1 is 0.224 bits per heavy atom. The summed E-state index contributed by atoms with van der Waals surface area (Å²) in [7, 11) is 2.25. The molecule has 0 fully saturated rings. The van der Waals surface area contributed by atoms with Gasteiger partial charge in [-0.1, -0.05) is 267 Å². The molecule has 0 unspecified atom stereocenters. The van der Waals surface area contributed by atoms with Gasteiger partial charge in [0.05, 0.1) is 0 Å². The summed E-state index contributed by atoms with van der Waals surface area (Å²) >= 11 is 0. The van der Waals surface area contributed by atoms with Gasteiger partial charge in [-0.15, -0.1) is 0 Å². The van der Waals surface area contributed by atoms with Gasteiger partial charge in [-0.3, -0.25) is 0 Å². The third-order valence-corrected chi connectivity index (χ3v) is 18.7. The largest absolute Gasteiger partial charge is 0.354 e. The lowest BCUT2D eigenvalue weighted by molar-refractivity contribution is 1.21. The second kappa shape index (κ2) is 18.5. The maximum absolute atomic E-state index is 4.01. The van der Waals surface area contributed by atoms with E-state index in [0.717, 1.165) is 11.4 Å². The summed E-state index contributed by atoms with van der Waals surface area (Å²) < 4.78 is 0. The first kappa shape index (κ1) is 47.6. The average Bonchev–Trinajstić information content (AvgIpc) is 2.12. The van der Waals surface area contributed by atoms with Crippen LogP contribution in [0.5, 0.6) is 0 Å². The second-order valence-corrected chi connectivity index (χ2v) is 23.0. The van der Waals surface area contributed by atoms with E-state index in [0.29, 0.717) is 0 Å². The summed E-state index contributed by atoms with van der Waals surface area (Å²) in [6.45, 7) is 0. The summed E-state index contributed by atoms with van der Waals surface area (Å²) in [6.07, 6.45) is 0. The van der Waals surface area contributed by atoms with E-state index in [2.05, 4.69) is 308 Å². The Bertz CT molecular complexity index is 5430. The van der Waals surface area contributed by atoms with Gasteiger partial charge in [0.2, 0.25) is 0 Å². The van der Waals surface area contributed by atoms with Crippen LogP contribution in [0.2, 0.25) is 0 Å². The van der Waals surface area contributed by atoms with E-state index in [9.17, 15) is 0 Å². The molecule has 85 heavy (non-hydrogen) atoms. The fourth-order valence-corrected chi connectivity index (χ4v) is 15.1. The number of hydrogen-bond donors (Lipinski definition) is 1. The molecule has 394 valence electrons. The Morgan fingerprint density at radius 2 is 0.588 bits per heavy atom. The monoisotopic (exact) mass is 1080 g/mol. The number of anilines is 4. The molecule has 1 N–H and O–H groups in total. The molecule has 0 saturated carbocycles. The van der Waals surface area contributed by atoms with Gasteiger partial charge in [0.15, 0.2) is 0 Å². The van der Waals surface area contributed by atoms with Crippen LogP contribution in [-0.2, 0) is 0 Å². The molecule has 0 radical (unpaired) electrons. The van der Waals surface area contributed by atoms with Gasteiger partial charge in [0.25, 0.3) is 0 Å². The molecule has 2 heterocycles. The highest BCUT2D eigenvalue weighted by molar-refractivity contribution is 6.27. The molecule has 16 aromatic carbocycles. The summed E-state index contributed by atoms with van der Waals surface area (Å²) in [6, 6.07) is 109. The number of rotatable bonds is 6. The molecule has 0 bridgehead atoms. The molecule has 0 aromatic heterocycles. The summed E-state index contributed by atoms with van der Waals surface area (Å²) in [4.78, 5) is 2.42. The maximum atomic E-state index is 4.01. The zero-order chi connectivity index (χ0) is 55.9. The molecule has 2 aliphatic heterocycles. The van der Waals surface area contributed by atoms with Crippen LogP contribution in [0.15, 0.2) is 291 Å². The minimum absolute atomic E-state index is 1.11. The molecule has 0 saturated heterocycles. The lowest BCUT2D eigenvalue weighted by atomic mass is 9.81. The van der Waals surface area contributed by atoms with E-state index < -0.39 is 0 Å². The normalized spacial score (nSPS) is 12.4. The molecule has 16 aromatic rings. The van der Waals surface area contributed by atoms with E-state index in [4.69, 9.17) is 0 Å². The highest BCUT2D eigenvalue weighted by atomic mass is 15.1. The molecule has 2 nitrogen and oxygen atoms in total.